The van der Waals surface area contributed by atoms with Crippen molar-refractivity contribution in [3.8, 4) is 6.07 Å². The summed E-state index contributed by atoms with van der Waals surface area (Å²) in [5.41, 5.74) is 1.84. The smallest absolute Gasteiger partial charge is 0.221 e. The molecule has 0 aromatic heterocycles. The zero-order chi connectivity index (χ0) is 16.9. The van der Waals surface area contributed by atoms with E-state index in [1.165, 1.54) is 6.92 Å². The van der Waals surface area contributed by atoms with Crippen molar-refractivity contribution in [1.82, 2.24) is 4.90 Å². The topological polar surface area (TPSA) is 44.1 Å². The van der Waals surface area contributed by atoms with Crippen molar-refractivity contribution in [1.29, 1.82) is 5.26 Å². The monoisotopic (exact) mass is 314 g/mol. The van der Waals surface area contributed by atoms with E-state index in [0.29, 0.717) is 6.54 Å². The van der Waals surface area contributed by atoms with Crippen LogP contribution in [-0.4, -0.2) is 10.8 Å². The average Bonchev–Trinajstić information content (AvgIpc) is 2.62. The normalized spacial score (nSPS) is 11.7. The van der Waals surface area contributed by atoms with Crippen molar-refractivity contribution >= 4 is 16.7 Å². The first-order valence-corrected chi connectivity index (χ1v) is 7.88. The molecule has 24 heavy (non-hydrogen) atoms. The van der Waals surface area contributed by atoms with Gasteiger partial charge in [0.2, 0.25) is 5.91 Å². The summed E-state index contributed by atoms with van der Waals surface area (Å²) in [6, 6.07) is 25.3. The highest BCUT2D eigenvalue weighted by atomic mass is 16.2. The largest absolute Gasteiger partial charge is 0.318 e. The van der Waals surface area contributed by atoms with Gasteiger partial charge in [-0.1, -0.05) is 66.7 Å². The predicted octanol–water partition coefficient (Wildman–Crippen LogP) is 4.45. The van der Waals surface area contributed by atoms with Crippen LogP contribution >= 0.6 is 0 Å². The maximum atomic E-state index is 12.2. The first kappa shape index (κ1) is 15.8. The lowest BCUT2D eigenvalue weighted by Crippen LogP contribution is -2.32. The zero-order valence-corrected chi connectivity index (χ0v) is 13.5. The molecule has 1 atom stereocenters. The van der Waals surface area contributed by atoms with Gasteiger partial charge in [-0.3, -0.25) is 4.79 Å². The Bertz CT molecular complexity index is 896. The van der Waals surface area contributed by atoms with Crippen LogP contribution in [0.25, 0.3) is 10.8 Å². The Labute approximate surface area is 141 Å². The minimum absolute atomic E-state index is 0.112. The molecule has 0 unspecified atom stereocenters. The van der Waals surface area contributed by atoms with Crippen molar-refractivity contribution in [3.63, 3.8) is 0 Å². The highest BCUT2D eigenvalue weighted by Gasteiger charge is 2.23. The molecule has 0 aliphatic carbocycles. The number of nitrogens with zero attached hydrogens (tertiary/aromatic N) is 2. The van der Waals surface area contributed by atoms with Crippen molar-refractivity contribution in [2.75, 3.05) is 0 Å². The first-order valence-electron chi connectivity index (χ1n) is 7.88. The van der Waals surface area contributed by atoms with Crippen molar-refractivity contribution in [2.45, 2.75) is 19.5 Å². The fourth-order valence-corrected chi connectivity index (χ4v) is 2.87. The molecule has 0 N–H and O–H groups in total. The van der Waals surface area contributed by atoms with Crippen LogP contribution in [0.15, 0.2) is 72.8 Å². The molecule has 3 nitrogen and oxygen atoms in total. The quantitative estimate of drug-likeness (QED) is 0.714. The Kier molecular flexibility index (Phi) is 4.58. The third-order valence-electron chi connectivity index (χ3n) is 4.12. The molecule has 0 aliphatic heterocycles. The first-order chi connectivity index (χ1) is 11.7. The lowest BCUT2D eigenvalue weighted by atomic mass is 10.0. The molecule has 0 fully saturated rings. The van der Waals surface area contributed by atoms with Gasteiger partial charge in [0.15, 0.2) is 0 Å². The molecule has 0 spiro atoms. The maximum Gasteiger partial charge on any atom is 0.221 e. The van der Waals surface area contributed by atoms with Gasteiger partial charge in [-0.25, -0.2) is 0 Å². The summed E-state index contributed by atoms with van der Waals surface area (Å²) in [6.45, 7) is 1.93. The van der Waals surface area contributed by atoms with Crippen LogP contribution in [-0.2, 0) is 11.3 Å². The van der Waals surface area contributed by atoms with Crippen LogP contribution < -0.4 is 0 Å². The second-order valence-electron chi connectivity index (χ2n) is 5.77. The Morgan fingerprint density at radius 2 is 1.67 bits per heavy atom. The summed E-state index contributed by atoms with van der Waals surface area (Å²) in [5.74, 6) is -0.112. The molecule has 0 heterocycles. The molecule has 0 saturated carbocycles. The third-order valence-corrected chi connectivity index (χ3v) is 4.12. The molecular weight excluding hydrogens is 296 g/mol. The fraction of sp³-hybridized carbons (Fsp3) is 0.143. The summed E-state index contributed by atoms with van der Waals surface area (Å²) < 4.78 is 0. The van der Waals surface area contributed by atoms with Gasteiger partial charge in [-0.05, 0) is 28.0 Å². The molecule has 3 rings (SSSR count). The molecule has 0 radical (unpaired) electrons. The molecule has 0 saturated heterocycles. The number of hydrogen-bond donors (Lipinski definition) is 0. The summed E-state index contributed by atoms with van der Waals surface area (Å²) in [6.07, 6.45) is 0. The van der Waals surface area contributed by atoms with Crippen LogP contribution in [0.1, 0.15) is 24.1 Å². The lowest BCUT2D eigenvalue weighted by Gasteiger charge is -2.26. The van der Waals surface area contributed by atoms with E-state index in [1.807, 2.05) is 72.8 Å². The van der Waals surface area contributed by atoms with Crippen LogP contribution in [0.5, 0.6) is 0 Å². The molecule has 3 aromatic rings. The second kappa shape index (κ2) is 6.97. The summed E-state index contributed by atoms with van der Waals surface area (Å²) in [4.78, 5) is 13.8. The number of nitriles is 1. The minimum atomic E-state index is -0.604. The van der Waals surface area contributed by atoms with Gasteiger partial charge in [-0.15, -0.1) is 0 Å². The second-order valence-corrected chi connectivity index (χ2v) is 5.77. The van der Waals surface area contributed by atoms with E-state index in [-0.39, 0.29) is 5.91 Å². The number of carbonyl (C=O) groups excluding carboxylic acids is 1. The van der Waals surface area contributed by atoms with Gasteiger partial charge >= 0.3 is 0 Å². The molecule has 1 amide bonds. The van der Waals surface area contributed by atoms with Crippen LogP contribution in [0.4, 0.5) is 0 Å². The summed E-state index contributed by atoms with van der Waals surface area (Å²) in [7, 11) is 0. The van der Waals surface area contributed by atoms with E-state index in [4.69, 9.17) is 0 Å². The lowest BCUT2D eigenvalue weighted by molar-refractivity contribution is -0.130. The van der Waals surface area contributed by atoms with E-state index in [2.05, 4.69) is 6.07 Å². The van der Waals surface area contributed by atoms with Crippen molar-refractivity contribution < 1.29 is 4.79 Å². The third kappa shape index (κ3) is 3.28. The van der Waals surface area contributed by atoms with E-state index in [9.17, 15) is 10.1 Å². The minimum Gasteiger partial charge on any atom is -0.318 e. The van der Waals surface area contributed by atoms with Crippen LogP contribution in [0.2, 0.25) is 0 Å². The number of rotatable bonds is 4. The standard InChI is InChI=1S/C21H18N2O/c1-16(24)23(15-17-7-3-2-4-8-17)21(14-22)20-12-11-18-9-5-6-10-19(18)13-20/h2-13,21H,15H2,1H3/t21-/m1/s1. The summed E-state index contributed by atoms with van der Waals surface area (Å²) >= 11 is 0. The van der Waals surface area contributed by atoms with E-state index in [1.54, 1.807) is 4.90 Å². The highest BCUT2D eigenvalue weighted by Crippen LogP contribution is 2.26. The zero-order valence-electron chi connectivity index (χ0n) is 13.5. The Hall–Kier alpha value is -3.12. The molecule has 0 bridgehead atoms. The SMILES string of the molecule is CC(=O)N(Cc1ccccc1)[C@H](C#N)c1ccc2ccccc2c1. The van der Waals surface area contributed by atoms with Gasteiger partial charge in [0.1, 0.15) is 6.04 Å². The molecule has 3 heteroatoms. The van der Waals surface area contributed by atoms with Crippen molar-refractivity contribution in [3.05, 3.63) is 83.9 Å². The number of carbonyl (C=O) groups is 1. The van der Waals surface area contributed by atoms with Gasteiger partial charge in [0, 0.05) is 13.5 Å². The number of fused-ring (bicyclic) bond motifs is 1. The fourth-order valence-electron chi connectivity index (χ4n) is 2.87. The van der Waals surface area contributed by atoms with Gasteiger partial charge in [0.25, 0.3) is 0 Å². The summed E-state index contributed by atoms with van der Waals surface area (Å²) in [5, 5.41) is 11.9. The molecular formula is C21H18N2O. The Morgan fingerprint density at radius 3 is 2.33 bits per heavy atom. The molecule has 3 aromatic carbocycles. The number of hydrogen-bond acceptors (Lipinski definition) is 2. The van der Waals surface area contributed by atoms with Gasteiger partial charge in [0.05, 0.1) is 6.07 Å². The predicted molar refractivity (Wildman–Crippen MR) is 95.0 cm³/mol. The van der Waals surface area contributed by atoms with E-state index >= 15 is 0 Å². The highest BCUT2D eigenvalue weighted by molar-refractivity contribution is 5.83. The maximum absolute atomic E-state index is 12.2. The van der Waals surface area contributed by atoms with Gasteiger partial charge in [-0.2, -0.15) is 5.26 Å². The number of amides is 1. The Morgan fingerprint density at radius 1 is 1.00 bits per heavy atom. The van der Waals surface area contributed by atoms with Crippen LogP contribution in [0, 0.1) is 11.3 Å². The molecule has 118 valence electrons. The molecule has 0 aliphatic rings. The number of benzene rings is 3. The van der Waals surface area contributed by atoms with Gasteiger partial charge < -0.3 is 4.90 Å². The van der Waals surface area contributed by atoms with E-state index in [0.717, 1.165) is 21.9 Å². The Balaban J connectivity index is 1.97. The van der Waals surface area contributed by atoms with Crippen LogP contribution in [0.3, 0.4) is 0 Å². The van der Waals surface area contributed by atoms with Crippen molar-refractivity contribution in [2.24, 2.45) is 0 Å². The average molecular weight is 314 g/mol. The van der Waals surface area contributed by atoms with E-state index < -0.39 is 6.04 Å².